The largest absolute Gasteiger partial charge is 0.364 e. The first-order valence-corrected chi connectivity index (χ1v) is 5.39. The number of nitrogens with zero attached hydrogens (tertiary/aromatic N) is 2. The summed E-state index contributed by atoms with van der Waals surface area (Å²) in [6.45, 7) is 0. The van der Waals surface area contributed by atoms with E-state index in [4.69, 9.17) is 0 Å². The molecule has 0 aliphatic heterocycles. The number of fused-ring (bicyclic) bond motifs is 1. The maximum atomic E-state index is 11.9. The molecule has 0 atom stereocenters. The van der Waals surface area contributed by atoms with E-state index in [0.29, 0.717) is 11.3 Å². The van der Waals surface area contributed by atoms with E-state index in [-0.39, 0.29) is 5.91 Å². The molecule has 5 nitrogen and oxygen atoms in total. The average molecular weight is 239 g/mol. The number of anilines is 1. The zero-order valence-corrected chi connectivity index (χ0v) is 9.33. The molecule has 0 saturated carbocycles. The van der Waals surface area contributed by atoms with Crippen LogP contribution in [0.1, 0.15) is 10.4 Å². The molecule has 1 aromatic carbocycles. The van der Waals surface area contributed by atoms with Crippen molar-refractivity contribution in [3.05, 3.63) is 54.6 Å². The normalized spacial score (nSPS) is 10.4. The van der Waals surface area contributed by atoms with Crippen molar-refractivity contribution in [2.75, 3.05) is 5.32 Å². The lowest BCUT2D eigenvalue weighted by atomic mass is 10.2. The van der Waals surface area contributed by atoms with Gasteiger partial charge >= 0.3 is 0 Å². The number of carbonyl (C=O) groups excluding carboxylic acids is 1. The van der Waals surface area contributed by atoms with Crippen molar-refractivity contribution in [3.8, 4) is 0 Å². The molecule has 0 aliphatic carbocycles. The second-order valence-corrected chi connectivity index (χ2v) is 3.75. The molecule has 2 aromatic heterocycles. The third-order valence-corrected chi connectivity index (χ3v) is 2.58. The van der Waals surface area contributed by atoms with Crippen LogP contribution in [0.5, 0.6) is 0 Å². The predicted octanol–water partition coefficient (Wildman–Crippen LogP) is 2.48. The summed E-state index contributed by atoms with van der Waals surface area (Å²) in [4.78, 5) is 16.1. The van der Waals surface area contributed by atoms with E-state index in [1.165, 1.54) is 12.5 Å². The number of para-hydroxylation sites is 1. The highest BCUT2D eigenvalue weighted by Gasteiger charge is 2.10. The van der Waals surface area contributed by atoms with Gasteiger partial charge in [0.25, 0.3) is 5.91 Å². The highest BCUT2D eigenvalue weighted by atomic mass is 16.5. The smallest absolute Gasteiger partial charge is 0.260 e. The van der Waals surface area contributed by atoms with Crippen molar-refractivity contribution in [3.63, 3.8) is 0 Å². The minimum absolute atomic E-state index is 0.269. The second kappa shape index (κ2) is 4.29. The van der Waals surface area contributed by atoms with Gasteiger partial charge in [0.2, 0.25) is 0 Å². The minimum atomic E-state index is -0.269. The molecule has 5 heteroatoms. The van der Waals surface area contributed by atoms with Crippen LogP contribution in [0.25, 0.3) is 10.9 Å². The topological polar surface area (TPSA) is 68.0 Å². The molecule has 18 heavy (non-hydrogen) atoms. The molecule has 0 unspecified atom stereocenters. The van der Waals surface area contributed by atoms with Crippen LogP contribution in [-0.4, -0.2) is 16.0 Å². The van der Waals surface area contributed by atoms with Gasteiger partial charge in [0.05, 0.1) is 23.0 Å². The highest BCUT2D eigenvalue weighted by molar-refractivity contribution is 6.07. The van der Waals surface area contributed by atoms with Crippen molar-refractivity contribution < 1.29 is 9.32 Å². The van der Waals surface area contributed by atoms with E-state index in [0.717, 1.165) is 10.9 Å². The fourth-order valence-corrected chi connectivity index (χ4v) is 1.72. The molecule has 88 valence electrons. The van der Waals surface area contributed by atoms with E-state index in [9.17, 15) is 4.79 Å². The van der Waals surface area contributed by atoms with Gasteiger partial charge in [0.1, 0.15) is 6.26 Å². The van der Waals surface area contributed by atoms with Gasteiger partial charge in [-0.2, -0.15) is 0 Å². The number of amides is 1. The summed E-state index contributed by atoms with van der Waals surface area (Å²) in [5, 5.41) is 7.25. The van der Waals surface area contributed by atoms with Crippen LogP contribution in [0.15, 0.2) is 53.5 Å². The summed E-state index contributed by atoms with van der Waals surface area (Å²) in [5.74, 6) is -0.269. The number of benzene rings is 1. The lowest BCUT2D eigenvalue weighted by Gasteiger charge is -2.06. The van der Waals surface area contributed by atoms with E-state index in [1.807, 2.05) is 24.3 Å². The van der Waals surface area contributed by atoms with Gasteiger partial charge in [-0.1, -0.05) is 23.4 Å². The summed E-state index contributed by atoms with van der Waals surface area (Å²) in [6.07, 6.45) is 4.36. The van der Waals surface area contributed by atoms with Crippen molar-refractivity contribution in [2.45, 2.75) is 0 Å². The molecule has 0 bridgehead atoms. The second-order valence-electron chi connectivity index (χ2n) is 3.75. The van der Waals surface area contributed by atoms with Crippen molar-refractivity contribution >= 4 is 22.5 Å². The highest BCUT2D eigenvalue weighted by Crippen LogP contribution is 2.21. The van der Waals surface area contributed by atoms with Crippen molar-refractivity contribution in [1.29, 1.82) is 0 Å². The van der Waals surface area contributed by atoms with Crippen LogP contribution < -0.4 is 5.32 Å². The van der Waals surface area contributed by atoms with E-state index >= 15 is 0 Å². The van der Waals surface area contributed by atoms with Crippen molar-refractivity contribution in [2.24, 2.45) is 0 Å². The zero-order chi connectivity index (χ0) is 12.4. The number of aromatic nitrogens is 2. The maximum absolute atomic E-state index is 11.9. The molecular weight excluding hydrogens is 230 g/mol. The number of carbonyl (C=O) groups is 1. The lowest BCUT2D eigenvalue weighted by Crippen LogP contribution is -2.11. The number of hydrogen-bond donors (Lipinski definition) is 1. The Labute approximate surface area is 102 Å². The Morgan fingerprint density at radius 2 is 2.11 bits per heavy atom. The Hall–Kier alpha value is -2.69. The molecule has 0 spiro atoms. The number of hydrogen-bond acceptors (Lipinski definition) is 4. The minimum Gasteiger partial charge on any atom is -0.364 e. The molecule has 0 aliphatic rings. The van der Waals surface area contributed by atoms with Gasteiger partial charge in [0, 0.05) is 11.6 Å². The van der Waals surface area contributed by atoms with Gasteiger partial charge in [-0.15, -0.1) is 0 Å². The summed E-state index contributed by atoms with van der Waals surface area (Å²) in [7, 11) is 0. The van der Waals surface area contributed by atoms with Crippen LogP contribution in [-0.2, 0) is 0 Å². The van der Waals surface area contributed by atoms with Crippen LogP contribution in [0.2, 0.25) is 0 Å². The standard InChI is InChI=1S/C13H9N3O2/c17-13(10-7-15-18-8-10)16-11-5-1-3-9-4-2-6-14-12(9)11/h1-8H,(H,16,17). The molecule has 1 amide bonds. The van der Waals surface area contributed by atoms with E-state index in [1.54, 1.807) is 12.3 Å². The summed E-state index contributed by atoms with van der Waals surface area (Å²) < 4.78 is 4.63. The van der Waals surface area contributed by atoms with Gasteiger partial charge in [-0.25, -0.2) is 0 Å². The van der Waals surface area contributed by atoms with E-state index in [2.05, 4.69) is 20.0 Å². The first kappa shape index (κ1) is 10.5. The van der Waals surface area contributed by atoms with Crippen LogP contribution in [0.3, 0.4) is 0 Å². The maximum Gasteiger partial charge on any atom is 0.260 e. The molecule has 3 aromatic rings. The van der Waals surface area contributed by atoms with Gasteiger partial charge in [-0.3, -0.25) is 9.78 Å². The summed E-state index contributed by atoms with van der Waals surface area (Å²) in [5.41, 5.74) is 1.80. The predicted molar refractivity (Wildman–Crippen MR) is 66.2 cm³/mol. The number of pyridine rings is 1. The molecule has 0 fully saturated rings. The van der Waals surface area contributed by atoms with Gasteiger partial charge in [0.15, 0.2) is 0 Å². The number of rotatable bonds is 2. The Bertz CT molecular complexity index is 687. The van der Waals surface area contributed by atoms with Crippen LogP contribution in [0, 0.1) is 0 Å². The van der Waals surface area contributed by atoms with E-state index < -0.39 is 0 Å². The molecule has 3 rings (SSSR count). The molecule has 0 radical (unpaired) electrons. The molecule has 1 N–H and O–H groups in total. The van der Waals surface area contributed by atoms with Gasteiger partial charge < -0.3 is 9.84 Å². The molecular formula is C13H9N3O2. The van der Waals surface area contributed by atoms with Crippen LogP contribution >= 0.6 is 0 Å². The first-order chi connectivity index (χ1) is 8.84. The van der Waals surface area contributed by atoms with Gasteiger partial charge in [-0.05, 0) is 12.1 Å². The Balaban J connectivity index is 1.98. The first-order valence-electron chi connectivity index (χ1n) is 5.39. The quantitative estimate of drug-likeness (QED) is 0.745. The third kappa shape index (κ3) is 1.82. The number of nitrogens with one attached hydrogen (secondary N) is 1. The van der Waals surface area contributed by atoms with Crippen molar-refractivity contribution in [1.82, 2.24) is 10.1 Å². The average Bonchev–Trinajstić information content (AvgIpc) is 2.93. The summed E-state index contributed by atoms with van der Waals surface area (Å²) in [6, 6.07) is 9.41. The SMILES string of the molecule is O=C(Nc1cccc2cccnc12)c1cnoc1. The fraction of sp³-hybridized carbons (Fsp3) is 0. The zero-order valence-electron chi connectivity index (χ0n) is 9.33. The Morgan fingerprint density at radius 3 is 2.94 bits per heavy atom. The molecule has 2 heterocycles. The summed E-state index contributed by atoms with van der Waals surface area (Å²) >= 11 is 0. The Kier molecular flexibility index (Phi) is 2.49. The molecule has 0 saturated heterocycles. The fourth-order valence-electron chi connectivity index (χ4n) is 1.72. The lowest BCUT2D eigenvalue weighted by molar-refractivity contribution is 0.102. The van der Waals surface area contributed by atoms with Crippen LogP contribution in [0.4, 0.5) is 5.69 Å². The monoisotopic (exact) mass is 239 g/mol. The Morgan fingerprint density at radius 1 is 1.22 bits per heavy atom. The third-order valence-electron chi connectivity index (χ3n) is 2.58.